The third-order valence-corrected chi connectivity index (χ3v) is 3.13. The summed E-state index contributed by atoms with van der Waals surface area (Å²) in [5.74, 6) is 0.262. The predicted octanol–water partition coefficient (Wildman–Crippen LogP) is 3.06. The van der Waals surface area contributed by atoms with E-state index in [1.165, 1.54) is 11.5 Å². The zero-order valence-electron chi connectivity index (χ0n) is 8.29. The fraction of sp³-hybridized carbons (Fsp3) is 0. The molecular formula is C12H8N2OS. The van der Waals surface area contributed by atoms with Crippen LogP contribution >= 0.6 is 11.5 Å². The van der Waals surface area contributed by atoms with Gasteiger partial charge < -0.3 is 5.11 Å². The van der Waals surface area contributed by atoms with E-state index in [0.717, 1.165) is 21.3 Å². The lowest BCUT2D eigenvalue weighted by Crippen LogP contribution is -1.80. The Kier molecular flexibility index (Phi) is 2.08. The van der Waals surface area contributed by atoms with E-state index in [-0.39, 0.29) is 5.75 Å². The maximum Gasteiger partial charge on any atom is 0.116 e. The normalized spacial score (nSPS) is 10.8. The van der Waals surface area contributed by atoms with Gasteiger partial charge in [-0.25, -0.2) is 0 Å². The molecule has 0 bridgehead atoms. The fourth-order valence-electron chi connectivity index (χ4n) is 1.71. The third kappa shape index (κ3) is 1.44. The molecule has 0 aliphatic carbocycles. The largest absolute Gasteiger partial charge is 0.508 e. The summed E-state index contributed by atoms with van der Waals surface area (Å²) in [6, 6.07) is 13.1. The second-order valence-electron chi connectivity index (χ2n) is 3.48. The standard InChI is InChI=1S/C12H8N2OS/c15-9-4-1-3-8(7-9)10-5-2-6-11-12(10)13-14-16-11/h1-7,15H. The van der Waals surface area contributed by atoms with Crippen molar-refractivity contribution in [3.05, 3.63) is 42.5 Å². The van der Waals surface area contributed by atoms with Crippen molar-refractivity contribution in [1.29, 1.82) is 0 Å². The Hall–Kier alpha value is -1.94. The number of benzene rings is 2. The number of phenolic OH excluding ortho intramolecular Hbond substituents is 1. The van der Waals surface area contributed by atoms with Crippen LogP contribution in [-0.4, -0.2) is 14.7 Å². The molecule has 0 amide bonds. The van der Waals surface area contributed by atoms with Crippen LogP contribution in [0, 0.1) is 0 Å². The Morgan fingerprint density at radius 2 is 1.94 bits per heavy atom. The Morgan fingerprint density at radius 3 is 2.81 bits per heavy atom. The van der Waals surface area contributed by atoms with E-state index in [0.29, 0.717) is 0 Å². The molecule has 78 valence electrons. The van der Waals surface area contributed by atoms with Crippen molar-refractivity contribution >= 4 is 21.7 Å². The molecule has 1 heterocycles. The van der Waals surface area contributed by atoms with Gasteiger partial charge in [0.2, 0.25) is 0 Å². The lowest BCUT2D eigenvalue weighted by molar-refractivity contribution is 0.475. The molecule has 1 N–H and O–H groups in total. The molecule has 3 rings (SSSR count). The number of aromatic hydroxyl groups is 1. The quantitative estimate of drug-likeness (QED) is 0.696. The summed E-state index contributed by atoms with van der Waals surface area (Å²) in [6.07, 6.45) is 0. The van der Waals surface area contributed by atoms with E-state index in [2.05, 4.69) is 9.59 Å². The lowest BCUT2D eigenvalue weighted by Gasteiger charge is -2.02. The summed E-state index contributed by atoms with van der Waals surface area (Å²) >= 11 is 1.38. The van der Waals surface area contributed by atoms with E-state index in [1.54, 1.807) is 12.1 Å². The molecule has 3 nitrogen and oxygen atoms in total. The second-order valence-corrected chi connectivity index (χ2v) is 4.26. The van der Waals surface area contributed by atoms with Gasteiger partial charge in [-0.2, -0.15) is 0 Å². The zero-order valence-corrected chi connectivity index (χ0v) is 9.11. The maximum atomic E-state index is 9.46. The van der Waals surface area contributed by atoms with Crippen LogP contribution in [0.1, 0.15) is 0 Å². The number of nitrogens with zero attached hydrogens (tertiary/aromatic N) is 2. The first-order valence-electron chi connectivity index (χ1n) is 4.85. The Bertz CT molecular complexity index is 648. The molecular weight excluding hydrogens is 220 g/mol. The van der Waals surface area contributed by atoms with Crippen molar-refractivity contribution in [2.45, 2.75) is 0 Å². The van der Waals surface area contributed by atoms with E-state index in [1.807, 2.05) is 30.3 Å². The smallest absolute Gasteiger partial charge is 0.116 e. The average molecular weight is 228 g/mol. The molecule has 0 fully saturated rings. The molecule has 0 atom stereocenters. The molecule has 16 heavy (non-hydrogen) atoms. The van der Waals surface area contributed by atoms with Crippen LogP contribution in [0.2, 0.25) is 0 Å². The van der Waals surface area contributed by atoms with Crippen molar-refractivity contribution in [2.75, 3.05) is 0 Å². The molecule has 0 aliphatic heterocycles. The van der Waals surface area contributed by atoms with E-state index < -0.39 is 0 Å². The summed E-state index contributed by atoms with van der Waals surface area (Å²) in [6.45, 7) is 0. The van der Waals surface area contributed by atoms with E-state index in [9.17, 15) is 5.11 Å². The monoisotopic (exact) mass is 228 g/mol. The Balaban J connectivity index is 2.29. The van der Waals surface area contributed by atoms with Crippen LogP contribution in [0.3, 0.4) is 0 Å². The second kappa shape index (κ2) is 3.57. The maximum absolute atomic E-state index is 9.46. The highest BCUT2D eigenvalue weighted by atomic mass is 32.1. The van der Waals surface area contributed by atoms with Crippen molar-refractivity contribution < 1.29 is 5.11 Å². The topological polar surface area (TPSA) is 46.0 Å². The van der Waals surface area contributed by atoms with Crippen LogP contribution in [0.25, 0.3) is 21.3 Å². The van der Waals surface area contributed by atoms with Crippen LogP contribution in [0.5, 0.6) is 5.75 Å². The summed E-state index contributed by atoms with van der Waals surface area (Å²) < 4.78 is 5.00. The van der Waals surface area contributed by atoms with Crippen molar-refractivity contribution in [3.63, 3.8) is 0 Å². The summed E-state index contributed by atoms with van der Waals surface area (Å²) in [4.78, 5) is 0. The molecule has 1 aromatic heterocycles. The van der Waals surface area contributed by atoms with Gasteiger partial charge in [0.05, 0.1) is 4.70 Å². The number of rotatable bonds is 1. The average Bonchev–Trinajstić information content (AvgIpc) is 2.76. The number of fused-ring (bicyclic) bond motifs is 1. The van der Waals surface area contributed by atoms with E-state index in [4.69, 9.17) is 0 Å². The van der Waals surface area contributed by atoms with Crippen LogP contribution in [0.15, 0.2) is 42.5 Å². The van der Waals surface area contributed by atoms with Gasteiger partial charge in [0.1, 0.15) is 11.3 Å². The molecule has 3 aromatic rings. The number of hydrogen-bond donors (Lipinski definition) is 1. The van der Waals surface area contributed by atoms with Crippen molar-refractivity contribution in [2.24, 2.45) is 0 Å². The minimum absolute atomic E-state index is 0.262. The van der Waals surface area contributed by atoms with Crippen LogP contribution < -0.4 is 0 Å². The van der Waals surface area contributed by atoms with Gasteiger partial charge in [0.25, 0.3) is 0 Å². The molecule has 0 saturated heterocycles. The minimum atomic E-state index is 0.262. The fourth-order valence-corrected chi connectivity index (χ4v) is 2.30. The van der Waals surface area contributed by atoms with Crippen molar-refractivity contribution in [1.82, 2.24) is 9.59 Å². The SMILES string of the molecule is Oc1cccc(-c2cccc3snnc23)c1. The van der Waals surface area contributed by atoms with Gasteiger partial charge in [-0.3, -0.25) is 0 Å². The molecule has 0 aliphatic rings. The van der Waals surface area contributed by atoms with Gasteiger partial charge in [0.15, 0.2) is 0 Å². The summed E-state index contributed by atoms with van der Waals surface area (Å²) in [5.41, 5.74) is 2.85. The number of phenols is 1. The number of hydrogen-bond acceptors (Lipinski definition) is 4. The molecule has 2 aromatic carbocycles. The van der Waals surface area contributed by atoms with Gasteiger partial charge in [-0.05, 0) is 35.3 Å². The lowest BCUT2D eigenvalue weighted by atomic mass is 10.0. The Morgan fingerprint density at radius 1 is 1.06 bits per heavy atom. The van der Waals surface area contributed by atoms with Gasteiger partial charge >= 0.3 is 0 Å². The first kappa shape index (κ1) is 9.30. The highest BCUT2D eigenvalue weighted by Crippen LogP contribution is 2.30. The highest BCUT2D eigenvalue weighted by Gasteiger charge is 2.06. The first-order chi connectivity index (χ1) is 7.84. The summed E-state index contributed by atoms with van der Waals surface area (Å²) in [7, 11) is 0. The molecule has 0 saturated carbocycles. The molecule has 0 spiro atoms. The highest BCUT2D eigenvalue weighted by molar-refractivity contribution is 7.13. The molecule has 0 unspecified atom stereocenters. The van der Waals surface area contributed by atoms with Crippen LogP contribution in [0.4, 0.5) is 0 Å². The van der Waals surface area contributed by atoms with Crippen molar-refractivity contribution in [3.8, 4) is 16.9 Å². The first-order valence-corrected chi connectivity index (χ1v) is 5.62. The summed E-state index contributed by atoms with van der Waals surface area (Å²) in [5, 5.41) is 13.6. The third-order valence-electron chi connectivity index (χ3n) is 2.44. The van der Waals surface area contributed by atoms with Gasteiger partial charge in [-0.15, -0.1) is 5.10 Å². The minimum Gasteiger partial charge on any atom is -0.508 e. The Labute approximate surface area is 96.2 Å². The molecule has 4 heteroatoms. The van der Waals surface area contributed by atoms with Gasteiger partial charge in [-0.1, -0.05) is 28.8 Å². The number of aromatic nitrogens is 2. The molecule has 0 radical (unpaired) electrons. The van der Waals surface area contributed by atoms with Gasteiger partial charge in [0, 0.05) is 5.56 Å². The van der Waals surface area contributed by atoms with E-state index >= 15 is 0 Å². The van der Waals surface area contributed by atoms with Crippen LogP contribution in [-0.2, 0) is 0 Å². The predicted molar refractivity (Wildman–Crippen MR) is 64.5 cm³/mol. The zero-order chi connectivity index (χ0) is 11.0.